The molecule has 2 amide bonds. The predicted molar refractivity (Wildman–Crippen MR) is 116 cm³/mol. The molecule has 0 aliphatic carbocycles. The number of halogens is 3. The molecule has 0 N–H and O–H groups in total. The summed E-state index contributed by atoms with van der Waals surface area (Å²) < 4.78 is 5.40. The van der Waals surface area contributed by atoms with Gasteiger partial charge in [0.05, 0.1) is 28.9 Å². The Balaban J connectivity index is 1.76. The third-order valence-corrected chi connectivity index (χ3v) is 6.69. The van der Waals surface area contributed by atoms with Gasteiger partial charge in [0.25, 0.3) is 11.8 Å². The summed E-state index contributed by atoms with van der Waals surface area (Å²) in [6, 6.07) is 12.0. The quantitative estimate of drug-likeness (QED) is 0.599. The molecule has 1 saturated heterocycles. The summed E-state index contributed by atoms with van der Waals surface area (Å²) in [4.78, 5) is 30.8. The maximum absolute atomic E-state index is 13.4. The fourth-order valence-electron chi connectivity index (χ4n) is 3.16. The van der Waals surface area contributed by atoms with Crippen LogP contribution in [0.2, 0.25) is 15.1 Å². The van der Waals surface area contributed by atoms with Gasteiger partial charge in [-0.25, -0.2) is 4.90 Å². The third-order valence-electron chi connectivity index (χ3n) is 4.55. The average molecular weight is 470 g/mol. The van der Waals surface area contributed by atoms with Gasteiger partial charge in [-0.15, -0.1) is 0 Å². The molecule has 2 aliphatic rings. The van der Waals surface area contributed by atoms with E-state index in [0.29, 0.717) is 41.9 Å². The first-order valence-electron chi connectivity index (χ1n) is 8.80. The molecule has 0 atom stereocenters. The number of amides is 2. The van der Waals surface area contributed by atoms with Crippen molar-refractivity contribution in [2.45, 2.75) is 4.90 Å². The molecule has 2 aliphatic heterocycles. The van der Waals surface area contributed by atoms with Gasteiger partial charge in [-0.3, -0.25) is 9.59 Å². The minimum absolute atomic E-state index is 0.162. The minimum Gasteiger partial charge on any atom is -0.378 e. The zero-order chi connectivity index (χ0) is 20.5. The van der Waals surface area contributed by atoms with Gasteiger partial charge in [0.1, 0.15) is 10.6 Å². The summed E-state index contributed by atoms with van der Waals surface area (Å²) in [5, 5.41) is 1.03. The molecule has 9 heteroatoms. The van der Waals surface area contributed by atoms with Gasteiger partial charge >= 0.3 is 0 Å². The van der Waals surface area contributed by atoms with Crippen molar-refractivity contribution < 1.29 is 14.3 Å². The topological polar surface area (TPSA) is 49.9 Å². The zero-order valence-electron chi connectivity index (χ0n) is 15.0. The van der Waals surface area contributed by atoms with E-state index in [0.717, 1.165) is 9.80 Å². The highest BCUT2D eigenvalue weighted by atomic mass is 35.5. The number of carbonyl (C=O) groups is 2. The van der Waals surface area contributed by atoms with Crippen LogP contribution in [0.25, 0.3) is 0 Å². The summed E-state index contributed by atoms with van der Waals surface area (Å²) in [5.41, 5.74) is 0.626. The maximum atomic E-state index is 13.4. The number of benzene rings is 2. The highest BCUT2D eigenvalue weighted by Gasteiger charge is 2.43. The molecule has 2 heterocycles. The van der Waals surface area contributed by atoms with E-state index in [-0.39, 0.29) is 15.7 Å². The lowest BCUT2D eigenvalue weighted by molar-refractivity contribution is -0.121. The molecule has 0 spiro atoms. The smallest absolute Gasteiger partial charge is 0.283 e. The Morgan fingerprint density at radius 1 is 0.897 bits per heavy atom. The van der Waals surface area contributed by atoms with Crippen LogP contribution in [0.5, 0.6) is 0 Å². The Hall–Kier alpha value is -1.70. The van der Waals surface area contributed by atoms with Gasteiger partial charge in [0.15, 0.2) is 0 Å². The number of carbonyl (C=O) groups excluding carboxylic acids is 2. The molecule has 0 saturated carbocycles. The number of nitrogens with zero attached hydrogens (tertiary/aromatic N) is 2. The lowest BCUT2D eigenvalue weighted by Gasteiger charge is -2.29. The fourth-order valence-corrected chi connectivity index (χ4v) is 4.67. The van der Waals surface area contributed by atoms with Crippen LogP contribution in [-0.4, -0.2) is 43.0 Å². The molecule has 1 fully saturated rings. The van der Waals surface area contributed by atoms with E-state index in [1.807, 2.05) is 17.0 Å². The van der Waals surface area contributed by atoms with Crippen molar-refractivity contribution in [2.24, 2.45) is 0 Å². The van der Waals surface area contributed by atoms with Crippen molar-refractivity contribution in [3.8, 4) is 0 Å². The van der Waals surface area contributed by atoms with Crippen LogP contribution in [0.4, 0.5) is 5.69 Å². The van der Waals surface area contributed by atoms with Gasteiger partial charge in [0, 0.05) is 23.0 Å². The van der Waals surface area contributed by atoms with Gasteiger partial charge in [-0.05, 0) is 36.4 Å². The minimum atomic E-state index is -0.430. The first kappa shape index (κ1) is 20.6. The normalized spacial score (nSPS) is 17.5. The number of morpholine rings is 1. The highest BCUT2D eigenvalue weighted by molar-refractivity contribution is 8.04. The molecule has 0 bridgehead atoms. The summed E-state index contributed by atoms with van der Waals surface area (Å²) in [7, 11) is 0. The van der Waals surface area contributed by atoms with Gasteiger partial charge in [-0.1, -0.05) is 52.6 Å². The number of thioether (sulfide) groups is 1. The Labute approximate surface area is 187 Å². The largest absolute Gasteiger partial charge is 0.378 e. The van der Waals surface area contributed by atoms with Crippen LogP contribution in [0.15, 0.2) is 58.0 Å². The maximum Gasteiger partial charge on any atom is 0.283 e. The molecule has 150 valence electrons. The Morgan fingerprint density at radius 3 is 2.28 bits per heavy atom. The van der Waals surface area contributed by atoms with Crippen molar-refractivity contribution >= 4 is 64.1 Å². The van der Waals surface area contributed by atoms with E-state index in [2.05, 4.69) is 0 Å². The van der Waals surface area contributed by atoms with Crippen molar-refractivity contribution in [2.75, 3.05) is 31.2 Å². The van der Waals surface area contributed by atoms with Gasteiger partial charge in [0.2, 0.25) is 0 Å². The van der Waals surface area contributed by atoms with Gasteiger partial charge < -0.3 is 9.64 Å². The van der Waals surface area contributed by atoms with E-state index in [4.69, 9.17) is 39.5 Å². The highest BCUT2D eigenvalue weighted by Crippen LogP contribution is 2.42. The number of ether oxygens (including phenoxy) is 1. The molecule has 0 radical (unpaired) electrons. The van der Waals surface area contributed by atoms with Crippen molar-refractivity contribution in [1.82, 2.24) is 4.90 Å². The Bertz CT molecular complexity index is 1000. The molecule has 0 aromatic heterocycles. The summed E-state index contributed by atoms with van der Waals surface area (Å²) in [6.07, 6.45) is 0. The molecule has 2 aromatic rings. The fraction of sp³-hybridized carbons (Fsp3) is 0.200. The van der Waals surface area contributed by atoms with Crippen LogP contribution >= 0.6 is 46.6 Å². The van der Waals surface area contributed by atoms with Crippen LogP contribution in [0.3, 0.4) is 0 Å². The third kappa shape index (κ3) is 4.00. The zero-order valence-corrected chi connectivity index (χ0v) is 18.1. The Morgan fingerprint density at radius 2 is 1.59 bits per heavy atom. The van der Waals surface area contributed by atoms with E-state index >= 15 is 0 Å². The lowest BCUT2D eigenvalue weighted by Crippen LogP contribution is -2.40. The number of hydrogen-bond donors (Lipinski definition) is 0. The summed E-state index contributed by atoms with van der Waals surface area (Å²) >= 11 is 19.6. The van der Waals surface area contributed by atoms with Gasteiger partial charge in [-0.2, -0.15) is 0 Å². The molecule has 2 aromatic carbocycles. The number of rotatable bonds is 4. The molecule has 5 nitrogen and oxygen atoms in total. The van der Waals surface area contributed by atoms with E-state index < -0.39 is 11.8 Å². The number of imide groups is 1. The van der Waals surface area contributed by atoms with Crippen LogP contribution in [0, 0.1) is 0 Å². The van der Waals surface area contributed by atoms with Crippen LogP contribution < -0.4 is 4.90 Å². The first-order chi connectivity index (χ1) is 14.0. The molecule has 4 rings (SSSR count). The molecule has 29 heavy (non-hydrogen) atoms. The van der Waals surface area contributed by atoms with Crippen LogP contribution in [-0.2, 0) is 14.3 Å². The van der Waals surface area contributed by atoms with E-state index in [1.165, 1.54) is 11.8 Å². The molecular weight excluding hydrogens is 455 g/mol. The predicted octanol–water partition coefficient (Wildman–Crippen LogP) is 4.86. The SMILES string of the molecule is O=C1C(Sc2ccc(Cl)cc2)=C(N2CCOCC2)C(=O)N1c1cccc(Cl)c1Cl. The van der Waals surface area contributed by atoms with Crippen molar-refractivity contribution in [1.29, 1.82) is 0 Å². The van der Waals surface area contributed by atoms with Crippen molar-refractivity contribution in [3.05, 3.63) is 68.1 Å². The second-order valence-electron chi connectivity index (χ2n) is 6.35. The Kier molecular flexibility index (Phi) is 6.08. The standard InChI is InChI=1S/C20H15Cl3N2O3S/c21-12-4-6-13(7-5-12)29-18-17(24-8-10-28-11-9-24)19(26)25(20(18)27)15-3-1-2-14(22)16(15)23/h1-7H,8-11H2. The molecular formula is C20H15Cl3N2O3S. The van der Waals surface area contributed by atoms with Crippen LogP contribution in [0.1, 0.15) is 0 Å². The number of anilines is 1. The average Bonchev–Trinajstić information content (AvgIpc) is 2.96. The number of hydrogen-bond acceptors (Lipinski definition) is 5. The van der Waals surface area contributed by atoms with Crippen molar-refractivity contribution in [3.63, 3.8) is 0 Å². The summed E-state index contributed by atoms with van der Waals surface area (Å²) in [5.74, 6) is -0.849. The van der Waals surface area contributed by atoms with E-state index in [9.17, 15) is 9.59 Å². The second kappa shape index (κ2) is 8.58. The second-order valence-corrected chi connectivity index (χ2v) is 8.66. The lowest BCUT2D eigenvalue weighted by atomic mass is 10.3. The first-order valence-corrected chi connectivity index (χ1v) is 10.8. The summed E-state index contributed by atoms with van der Waals surface area (Å²) in [6.45, 7) is 2.02. The monoisotopic (exact) mass is 468 g/mol. The molecule has 0 unspecified atom stereocenters. The van der Waals surface area contributed by atoms with E-state index in [1.54, 1.807) is 30.3 Å².